The van der Waals surface area contributed by atoms with E-state index in [1.54, 1.807) is 43.3 Å². The number of ether oxygens (including phenoxy) is 2. The summed E-state index contributed by atoms with van der Waals surface area (Å²) in [5.41, 5.74) is 1.64. The molecule has 1 aromatic heterocycles. The molecule has 0 aliphatic carbocycles. The lowest BCUT2D eigenvalue weighted by atomic mass is 10.1. The van der Waals surface area contributed by atoms with Gasteiger partial charge in [0.1, 0.15) is 24.0 Å². The highest BCUT2D eigenvalue weighted by molar-refractivity contribution is 6.31. The van der Waals surface area contributed by atoms with Crippen molar-refractivity contribution in [3.8, 4) is 17.6 Å². The smallest absolute Gasteiger partial charge is 0.371 e. The molecule has 0 spiro atoms. The Hall–Kier alpha value is -4.22. The molecule has 0 radical (unpaired) electrons. The molecule has 9 heteroatoms. The number of halogens is 1. The number of nitriles is 1. The van der Waals surface area contributed by atoms with Gasteiger partial charge in [-0.1, -0.05) is 23.7 Å². The number of anilines is 1. The van der Waals surface area contributed by atoms with E-state index in [-0.39, 0.29) is 17.9 Å². The Labute approximate surface area is 194 Å². The van der Waals surface area contributed by atoms with Gasteiger partial charge in [-0.15, -0.1) is 0 Å². The molecule has 0 saturated heterocycles. The van der Waals surface area contributed by atoms with Gasteiger partial charge >= 0.3 is 5.97 Å². The normalized spacial score (nSPS) is 10.9. The first-order valence-corrected chi connectivity index (χ1v) is 10.0. The van der Waals surface area contributed by atoms with Gasteiger partial charge in [0.25, 0.3) is 5.91 Å². The second-order valence-electron chi connectivity index (χ2n) is 6.81. The third kappa shape index (κ3) is 5.73. The van der Waals surface area contributed by atoms with Gasteiger partial charge in [0, 0.05) is 10.7 Å². The lowest BCUT2D eigenvalue weighted by molar-refractivity contribution is -0.112. The lowest BCUT2D eigenvalue weighted by Gasteiger charge is -2.11. The van der Waals surface area contributed by atoms with Crippen LogP contribution in [-0.2, 0) is 11.4 Å². The summed E-state index contributed by atoms with van der Waals surface area (Å²) < 4.78 is 16.2. The quantitative estimate of drug-likeness (QED) is 0.351. The summed E-state index contributed by atoms with van der Waals surface area (Å²) in [6, 6.07) is 14.7. The summed E-state index contributed by atoms with van der Waals surface area (Å²) in [5, 5.41) is 21.6. The van der Waals surface area contributed by atoms with Crippen LogP contribution in [0.2, 0.25) is 5.02 Å². The highest BCUT2D eigenvalue weighted by Crippen LogP contribution is 2.30. The molecule has 2 aromatic carbocycles. The topological polar surface area (TPSA) is 122 Å². The summed E-state index contributed by atoms with van der Waals surface area (Å²) in [7, 11) is 1.45. The van der Waals surface area contributed by atoms with E-state index in [1.165, 1.54) is 25.3 Å². The van der Waals surface area contributed by atoms with Crippen molar-refractivity contribution >= 4 is 35.2 Å². The first kappa shape index (κ1) is 23.4. The number of benzene rings is 2. The predicted octanol–water partition coefficient (Wildman–Crippen LogP) is 5.07. The van der Waals surface area contributed by atoms with Crippen molar-refractivity contribution in [2.45, 2.75) is 13.5 Å². The minimum Gasteiger partial charge on any atom is -0.493 e. The molecule has 0 atom stereocenters. The highest BCUT2D eigenvalue weighted by atomic mass is 35.5. The maximum atomic E-state index is 12.6. The van der Waals surface area contributed by atoms with Crippen LogP contribution in [-0.4, -0.2) is 24.1 Å². The second kappa shape index (κ2) is 10.4. The van der Waals surface area contributed by atoms with Crippen molar-refractivity contribution in [1.29, 1.82) is 5.26 Å². The Morgan fingerprint density at radius 2 is 2.00 bits per heavy atom. The van der Waals surface area contributed by atoms with Crippen LogP contribution in [0.1, 0.15) is 27.4 Å². The lowest BCUT2D eigenvalue weighted by Crippen LogP contribution is -2.14. The molecule has 0 fully saturated rings. The summed E-state index contributed by atoms with van der Waals surface area (Å²) in [6.07, 6.45) is 1.42. The molecular formula is C24H19ClN2O6. The Bertz CT molecular complexity index is 1270. The average molecular weight is 467 g/mol. The number of hydrogen-bond donors (Lipinski definition) is 2. The second-order valence-corrected chi connectivity index (χ2v) is 7.21. The van der Waals surface area contributed by atoms with Gasteiger partial charge in [-0.3, -0.25) is 4.79 Å². The van der Waals surface area contributed by atoms with Crippen molar-refractivity contribution in [2.75, 3.05) is 12.4 Å². The fraction of sp³-hybridized carbons (Fsp3) is 0.125. The zero-order valence-corrected chi connectivity index (χ0v) is 18.5. The van der Waals surface area contributed by atoms with E-state index < -0.39 is 11.9 Å². The monoisotopic (exact) mass is 466 g/mol. The largest absolute Gasteiger partial charge is 0.493 e. The Balaban J connectivity index is 1.76. The van der Waals surface area contributed by atoms with Crippen molar-refractivity contribution < 1.29 is 28.6 Å². The van der Waals surface area contributed by atoms with Crippen molar-refractivity contribution in [2.24, 2.45) is 0 Å². The van der Waals surface area contributed by atoms with Gasteiger partial charge in [0.05, 0.1) is 7.11 Å². The van der Waals surface area contributed by atoms with Crippen LogP contribution in [0.25, 0.3) is 6.08 Å². The Kier molecular flexibility index (Phi) is 7.38. The Morgan fingerprint density at radius 1 is 1.21 bits per heavy atom. The fourth-order valence-corrected chi connectivity index (χ4v) is 3.03. The number of carboxylic acid groups (broad SMARTS) is 1. The molecule has 1 amide bonds. The summed E-state index contributed by atoms with van der Waals surface area (Å²) in [4.78, 5) is 23.5. The number of amides is 1. The first-order chi connectivity index (χ1) is 15.8. The number of carbonyl (C=O) groups is 2. The number of furan rings is 1. The van der Waals surface area contributed by atoms with E-state index in [4.69, 9.17) is 30.6 Å². The van der Waals surface area contributed by atoms with Gasteiger partial charge in [-0.2, -0.15) is 5.26 Å². The third-order valence-corrected chi connectivity index (χ3v) is 5.03. The summed E-state index contributed by atoms with van der Waals surface area (Å²) in [6.45, 7) is 1.76. The van der Waals surface area contributed by atoms with Gasteiger partial charge < -0.3 is 24.3 Å². The molecule has 3 rings (SSSR count). The number of methoxy groups -OCH3 is 1. The molecule has 168 valence electrons. The van der Waals surface area contributed by atoms with Gasteiger partial charge in [-0.05, 0) is 60.5 Å². The third-order valence-electron chi connectivity index (χ3n) is 4.62. The van der Waals surface area contributed by atoms with Crippen LogP contribution in [0.4, 0.5) is 5.69 Å². The number of aromatic carboxylic acids is 1. The molecule has 0 bridgehead atoms. The maximum Gasteiger partial charge on any atom is 0.371 e. The minimum absolute atomic E-state index is 0.0103. The van der Waals surface area contributed by atoms with Crippen molar-refractivity contribution in [1.82, 2.24) is 0 Å². The van der Waals surface area contributed by atoms with E-state index in [0.29, 0.717) is 39.1 Å². The van der Waals surface area contributed by atoms with Crippen LogP contribution in [0, 0.1) is 18.3 Å². The number of rotatable bonds is 8. The molecule has 3 aromatic rings. The summed E-state index contributed by atoms with van der Waals surface area (Å²) >= 11 is 6.08. The minimum atomic E-state index is -1.17. The van der Waals surface area contributed by atoms with E-state index in [2.05, 4.69) is 5.32 Å². The molecule has 1 heterocycles. The maximum absolute atomic E-state index is 12.6. The van der Waals surface area contributed by atoms with Crippen LogP contribution in [0.3, 0.4) is 0 Å². The summed E-state index contributed by atoms with van der Waals surface area (Å²) in [5.74, 6) is -0.862. The molecule has 2 N–H and O–H groups in total. The molecule has 0 unspecified atom stereocenters. The van der Waals surface area contributed by atoms with Crippen molar-refractivity contribution in [3.05, 3.63) is 81.8 Å². The molecular weight excluding hydrogens is 448 g/mol. The Morgan fingerprint density at radius 3 is 2.67 bits per heavy atom. The van der Waals surface area contributed by atoms with Crippen LogP contribution in [0.5, 0.6) is 11.5 Å². The zero-order chi connectivity index (χ0) is 24.0. The van der Waals surface area contributed by atoms with Gasteiger partial charge in [-0.25, -0.2) is 4.79 Å². The molecule has 8 nitrogen and oxygen atoms in total. The SMILES string of the molecule is COc1cc(/C=C(/C#N)C(=O)Nc2cccc(Cl)c2C)ccc1OCc1ccc(C(=O)O)o1. The number of hydrogen-bond acceptors (Lipinski definition) is 6. The molecule has 0 aliphatic rings. The zero-order valence-electron chi connectivity index (χ0n) is 17.7. The fourth-order valence-electron chi connectivity index (χ4n) is 2.86. The van der Waals surface area contributed by atoms with E-state index in [1.807, 2.05) is 6.07 Å². The standard InChI is InChI=1S/C24H19ClN2O6/c1-14-18(25)4-3-5-19(14)27-23(28)16(12-26)10-15-6-8-20(22(11-15)31-2)32-13-17-7-9-21(33-17)24(29)30/h3-11H,13H2,1-2H3,(H,27,28)(H,29,30)/b16-10-. The highest BCUT2D eigenvalue weighted by Gasteiger charge is 2.14. The van der Waals surface area contributed by atoms with E-state index in [0.717, 1.165) is 0 Å². The average Bonchev–Trinajstić information content (AvgIpc) is 3.28. The van der Waals surface area contributed by atoms with Crippen LogP contribution >= 0.6 is 11.6 Å². The number of carbonyl (C=O) groups excluding carboxylic acids is 1. The molecule has 0 saturated carbocycles. The number of nitrogens with zero attached hydrogens (tertiary/aromatic N) is 1. The van der Waals surface area contributed by atoms with Gasteiger partial charge in [0.15, 0.2) is 11.5 Å². The van der Waals surface area contributed by atoms with Crippen LogP contribution < -0.4 is 14.8 Å². The van der Waals surface area contributed by atoms with Crippen LogP contribution in [0.15, 0.2) is 58.5 Å². The number of carboxylic acids is 1. The van der Waals surface area contributed by atoms with Crippen molar-refractivity contribution in [3.63, 3.8) is 0 Å². The first-order valence-electron chi connectivity index (χ1n) is 9.63. The van der Waals surface area contributed by atoms with E-state index >= 15 is 0 Å². The van der Waals surface area contributed by atoms with E-state index in [9.17, 15) is 14.9 Å². The van der Waals surface area contributed by atoms with Gasteiger partial charge in [0.2, 0.25) is 5.76 Å². The molecule has 33 heavy (non-hydrogen) atoms. The predicted molar refractivity (Wildman–Crippen MR) is 121 cm³/mol. The molecule has 0 aliphatic heterocycles. The number of nitrogens with one attached hydrogen (secondary N) is 1.